The van der Waals surface area contributed by atoms with Crippen LogP contribution in [-0.4, -0.2) is 27.2 Å². The van der Waals surface area contributed by atoms with Gasteiger partial charge in [-0.3, -0.25) is 4.79 Å². The van der Waals surface area contributed by atoms with Crippen LogP contribution in [-0.2, 0) is 12.0 Å². The van der Waals surface area contributed by atoms with E-state index in [2.05, 4.69) is 33.8 Å². The van der Waals surface area contributed by atoms with Crippen LogP contribution < -0.4 is 10.2 Å². The lowest BCUT2D eigenvalue weighted by molar-refractivity contribution is 0.0692. The summed E-state index contributed by atoms with van der Waals surface area (Å²) in [7, 11) is 0. The van der Waals surface area contributed by atoms with E-state index in [9.17, 15) is 14.7 Å². The molecule has 1 atom stereocenters. The van der Waals surface area contributed by atoms with Crippen molar-refractivity contribution in [2.75, 3.05) is 6.61 Å². The monoisotopic (exact) mass is 398 g/mol. The first-order valence-electron chi connectivity index (χ1n) is 10.4. The van der Waals surface area contributed by atoms with Crippen molar-refractivity contribution in [3.63, 3.8) is 0 Å². The summed E-state index contributed by atoms with van der Waals surface area (Å²) in [5.74, 6) is -0.188. The Kier molecular flexibility index (Phi) is 5.82. The van der Waals surface area contributed by atoms with Crippen LogP contribution in [0, 0.1) is 12.8 Å². The van der Waals surface area contributed by atoms with Gasteiger partial charge < -0.3 is 14.4 Å². The summed E-state index contributed by atoms with van der Waals surface area (Å²) in [6.07, 6.45) is 5.07. The lowest BCUT2D eigenvalue weighted by Crippen LogP contribution is -2.45. The number of hydrogen-bond acceptors (Lipinski definition) is 4. The first-order chi connectivity index (χ1) is 13.7. The Morgan fingerprint density at radius 1 is 1.34 bits per heavy atom. The minimum atomic E-state index is -1.20. The fourth-order valence-corrected chi connectivity index (χ4v) is 4.30. The Morgan fingerprint density at radius 3 is 2.66 bits per heavy atom. The van der Waals surface area contributed by atoms with E-state index in [-0.39, 0.29) is 17.0 Å². The maximum absolute atomic E-state index is 12.5. The maximum atomic E-state index is 12.5. The van der Waals surface area contributed by atoms with Crippen molar-refractivity contribution in [1.29, 1.82) is 0 Å². The van der Waals surface area contributed by atoms with Crippen molar-refractivity contribution in [2.45, 2.75) is 65.8 Å². The van der Waals surface area contributed by atoms with Crippen molar-refractivity contribution in [2.24, 2.45) is 5.92 Å². The predicted octanol–water partition coefficient (Wildman–Crippen LogP) is 4.41. The number of aromatic nitrogens is 2. The summed E-state index contributed by atoms with van der Waals surface area (Å²) in [6.45, 7) is 11.1. The van der Waals surface area contributed by atoms with E-state index in [4.69, 9.17) is 9.72 Å². The van der Waals surface area contributed by atoms with Crippen LogP contribution in [0.2, 0.25) is 0 Å². The normalized spacial score (nSPS) is 17.7. The van der Waals surface area contributed by atoms with Crippen molar-refractivity contribution < 1.29 is 14.6 Å². The molecule has 2 aromatic heterocycles. The molecule has 6 heteroatoms. The molecule has 1 aliphatic heterocycles. The van der Waals surface area contributed by atoms with Crippen molar-refractivity contribution in [1.82, 2.24) is 9.55 Å². The summed E-state index contributed by atoms with van der Waals surface area (Å²) in [6, 6.07) is 3.48. The summed E-state index contributed by atoms with van der Waals surface area (Å²) in [5.41, 5.74) is 2.21. The summed E-state index contributed by atoms with van der Waals surface area (Å²) in [4.78, 5) is 28.9. The molecule has 2 aromatic rings. The molecular formula is C23H30N2O4. The second-order valence-electron chi connectivity index (χ2n) is 8.18. The highest BCUT2D eigenvalue weighted by atomic mass is 16.5. The first-order valence-corrected chi connectivity index (χ1v) is 10.4. The summed E-state index contributed by atoms with van der Waals surface area (Å²) >= 11 is 0. The second kappa shape index (κ2) is 8.01. The lowest BCUT2D eigenvalue weighted by Gasteiger charge is -2.44. The summed E-state index contributed by atoms with van der Waals surface area (Å²) in [5, 5.41) is 9.48. The van der Waals surface area contributed by atoms with Crippen LogP contribution >= 0.6 is 0 Å². The quantitative estimate of drug-likeness (QED) is 0.699. The van der Waals surface area contributed by atoms with E-state index < -0.39 is 11.4 Å². The van der Waals surface area contributed by atoms with Crippen LogP contribution in [0.4, 0.5) is 0 Å². The Morgan fingerprint density at radius 2 is 2.07 bits per heavy atom. The largest absolute Gasteiger partial charge is 0.492 e. The second-order valence-corrected chi connectivity index (χ2v) is 8.18. The average molecular weight is 399 g/mol. The topological polar surface area (TPSA) is 81.4 Å². The molecule has 0 aliphatic carbocycles. The number of carboxylic acid groups (broad SMARTS) is 1. The number of unbranched alkanes of at least 4 members (excludes halogenated alkanes) is 1. The minimum Gasteiger partial charge on any atom is -0.492 e. The van der Waals surface area contributed by atoms with E-state index in [1.165, 1.54) is 12.3 Å². The van der Waals surface area contributed by atoms with Crippen molar-refractivity contribution >= 4 is 5.97 Å². The lowest BCUT2D eigenvalue weighted by atomic mass is 9.75. The molecule has 0 spiro atoms. The van der Waals surface area contributed by atoms with E-state index in [0.717, 1.165) is 42.0 Å². The van der Waals surface area contributed by atoms with Gasteiger partial charge in [-0.15, -0.1) is 0 Å². The van der Waals surface area contributed by atoms with Crippen LogP contribution in [0.25, 0.3) is 11.4 Å². The van der Waals surface area contributed by atoms with Gasteiger partial charge in [-0.25, -0.2) is 9.78 Å². The Labute approximate surface area is 171 Å². The van der Waals surface area contributed by atoms with Gasteiger partial charge in [-0.1, -0.05) is 34.1 Å². The van der Waals surface area contributed by atoms with E-state index >= 15 is 0 Å². The van der Waals surface area contributed by atoms with Gasteiger partial charge in [0.15, 0.2) is 5.43 Å². The number of fused-ring (bicyclic) bond motifs is 3. The van der Waals surface area contributed by atoms with Crippen molar-refractivity contribution in [3.8, 4) is 17.1 Å². The number of ether oxygens (including phenoxy) is 1. The highest BCUT2D eigenvalue weighted by molar-refractivity contribution is 5.87. The van der Waals surface area contributed by atoms with Crippen LogP contribution in [0.3, 0.4) is 0 Å². The van der Waals surface area contributed by atoms with Crippen LogP contribution in [0.1, 0.15) is 68.6 Å². The SMILES string of the molecule is CCCCOc1cc2c(nc1C)-c1cc(=O)c(C(=O)O)cn1C(CC)(C(C)C)C2. The van der Waals surface area contributed by atoms with Gasteiger partial charge in [-0.2, -0.15) is 0 Å². The highest BCUT2D eigenvalue weighted by Crippen LogP contribution is 2.44. The third-order valence-corrected chi connectivity index (χ3v) is 6.19. The number of aromatic carboxylic acids is 1. The standard InChI is InChI=1S/C23H30N2O4/c1-6-8-9-29-20-10-16-12-23(7-2,14(3)4)25-13-17(22(27)28)19(26)11-18(25)21(16)24-15(20)5/h10-11,13-14H,6-9,12H2,1-5H3,(H,27,28). The zero-order valence-corrected chi connectivity index (χ0v) is 17.9. The molecule has 0 bridgehead atoms. The third kappa shape index (κ3) is 3.56. The summed E-state index contributed by atoms with van der Waals surface area (Å²) < 4.78 is 7.94. The van der Waals surface area contributed by atoms with Gasteiger partial charge in [0.1, 0.15) is 11.3 Å². The number of aryl methyl sites for hydroxylation is 1. The van der Waals surface area contributed by atoms with Gasteiger partial charge in [-0.05, 0) is 43.7 Å². The Bertz CT molecular complexity index is 993. The molecular weight excluding hydrogens is 368 g/mol. The maximum Gasteiger partial charge on any atom is 0.341 e. The van der Waals surface area contributed by atoms with Crippen LogP contribution in [0.5, 0.6) is 5.75 Å². The number of hydrogen-bond donors (Lipinski definition) is 1. The molecule has 1 aliphatic rings. The number of carboxylic acids is 1. The first kappa shape index (κ1) is 21.1. The number of rotatable bonds is 7. The molecule has 0 aromatic carbocycles. The number of pyridine rings is 2. The smallest absolute Gasteiger partial charge is 0.341 e. The predicted molar refractivity (Wildman–Crippen MR) is 113 cm³/mol. The molecule has 3 heterocycles. The molecule has 0 saturated heterocycles. The van der Waals surface area contributed by atoms with E-state index in [1.807, 2.05) is 11.5 Å². The molecule has 0 fully saturated rings. The third-order valence-electron chi connectivity index (χ3n) is 6.19. The molecule has 6 nitrogen and oxygen atoms in total. The van der Waals surface area contributed by atoms with E-state index in [0.29, 0.717) is 18.7 Å². The molecule has 29 heavy (non-hydrogen) atoms. The fraction of sp³-hybridized carbons (Fsp3) is 0.522. The number of nitrogens with zero attached hydrogens (tertiary/aromatic N) is 2. The van der Waals surface area contributed by atoms with Gasteiger partial charge in [0.05, 0.1) is 29.2 Å². The van der Waals surface area contributed by atoms with Crippen molar-refractivity contribution in [3.05, 3.63) is 45.4 Å². The molecule has 0 amide bonds. The molecule has 156 valence electrons. The zero-order valence-electron chi connectivity index (χ0n) is 17.9. The van der Waals surface area contributed by atoms with Gasteiger partial charge in [0.2, 0.25) is 0 Å². The molecule has 1 unspecified atom stereocenters. The molecule has 0 radical (unpaired) electrons. The Balaban J connectivity index is 2.25. The van der Waals surface area contributed by atoms with Crippen LogP contribution in [0.15, 0.2) is 23.1 Å². The Hall–Kier alpha value is -2.63. The number of carbonyl (C=O) groups is 1. The van der Waals surface area contributed by atoms with Gasteiger partial charge >= 0.3 is 5.97 Å². The van der Waals surface area contributed by atoms with Gasteiger partial charge in [0, 0.05) is 12.3 Å². The molecule has 3 rings (SSSR count). The minimum absolute atomic E-state index is 0.202. The fourth-order valence-electron chi connectivity index (χ4n) is 4.30. The molecule has 1 N–H and O–H groups in total. The van der Waals surface area contributed by atoms with Gasteiger partial charge in [0.25, 0.3) is 0 Å². The average Bonchev–Trinajstić information content (AvgIpc) is 2.67. The highest BCUT2D eigenvalue weighted by Gasteiger charge is 2.41. The van der Waals surface area contributed by atoms with E-state index in [1.54, 1.807) is 0 Å². The zero-order chi connectivity index (χ0) is 21.3. The molecule has 0 saturated carbocycles.